The highest BCUT2D eigenvalue weighted by Gasteiger charge is 2.28. The first-order valence-electron chi connectivity index (χ1n) is 6.53. The Morgan fingerprint density at radius 1 is 1.44 bits per heavy atom. The minimum absolute atomic E-state index is 0.0365. The minimum atomic E-state index is -0.0365. The van der Waals surface area contributed by atoms with Crippen molar-refractivity contribution in [1.29, 1.82) is 0 Å². The van der Waals surface area contributed by atoms with E-state index in [0.29, 0.717) is 22.6 Å². The molecule has 0 aliphatic carbocycles. The third-order valence-corrected chi connectivity index (χ3v) is 3.68. The number of aryl methyl sites for hydroxylation is 1. The maximum Gasteiger partial charge on any atom is 0.275 e. The van der Waals surface area contributed by atoms with Gasteiger partial charge in [-0.05, 0) is 25.2 Å². The molecule has 0 radical (unpaired) electrons. The van der Waals surface area contributed by atoms with Crippen molar-refractivity contribution in [3.05, 3.63) is 16.9 Å². The molecule has 1 aliphatic rings. The summed E-state index contributed by atoms with van der Waals surface area (Å²) in [5, 5.41) is 4.70. The lowest BCUT2D eigenvalue weighted by Crippen LogP contribution is -2.42. The maximum absolute atomic E-state index is 12.4. The van der Waals surface area contributed by atoms with Crippen molar-refractivity contribution in [3.63, 3.8) is 0 Å². The van der Waals surface area contributed by atoms with Crippen molar-refractivity contribution in [2.45, 2.75) is 33.7 Å². The first-order chi connectivity index (χ1) is 8.51. The molecular weight excluding hydrogens is 250 g/mol. The number of rotatable bonds is 2. The molecule has 1 aromatic rings. The Labute approximate surface area is 113 Å². The zero-order valence-corrected chi connectivity index (χ0v) is 11.9. The van der Waals surface area contributed by atoms with E-state index in [0.717, 1.165) is 19.6 Å². The topological polar surface area (TPSA) is 38.1 Å². The number of aromatic nitrogens is 2. The van der Waals surface area contributed by atoms with E-state index in [2.05, 4.69) is 18.9 Å². The zero-order valence-electron chi connectivity index (χ0n) is 11.2. The van der Waals surface area contributed by atoms with Gasteiger partial charge in [0.25, 0.3) is 5.91 Å². The number of likely N-dealkylation sites (tertiary alicyclic amines) is 1. The monoisotopic (exact) mass is 269 g/mol. The molecule has 1 aromatic heterocycles. The summed E-state index contributed by atoms with van der Waals surface area (Å²) in [6.07, 6.45) is 2.90. The van der Waals surface area contributed by atoms with Crippen molar-refractivity contribution in [1.82, 2.24) is 14.7 Å². The predicted molar refractivity (Wildman–Crippen MR) is 71.8 cm³/mol. The normalized spacial score (nSPS) is 24.3. The van der Waals surface area contributed by atoms with Gasteiger partial charge in [0.15, 0.2) is 5.69 Å². The highest BCUT2D eigenvalue weighted by Crippen LogP contribution is 2.24. The Hall–Kier alpha value is -1.03. The molecule has 0 N–H and O–H groups in total. The largest absolute Gasteiger partial charge is 0.337 e. The van der Waals surface area contributed by atoms with Crippen LogP contribution in [-0.4, -0.2) is 33.7 Å². The second-order valence-corrected chi connectivity index (χ2v) is 5.74. The number of hydrogen-bond donors (Lipinski definition) is 0. The van der Waals surface area contributed by atoms with E-state index in [9.17, 15) is 4.79 Å². The van der Waals surface area contributed by atoms with E-state index in [1.807, 2.05) is 11.8 Å². The molecule has 1 aliphatic heterocycles. The van der Waals surface area contributed by atoms with Gasteiger partial charge in [0.05, 0.1) is 5.02 Å². The van der Waals surface area contributed by atoms with Crippen molar-refractivity contribution in [2.75, 3.05) is 13.1 Å². The smallest absolute Gasteiger partial charge is 0.275 e. The van der Waals surface area contributed by atoms with Gasteiger partial charge in [-0.2, -0.15) is 5.10 Å². The van der Waals surface area contributed by atoms with Crippen LogP contribution in [0.15, 0.2) is 6.20 Å². The summed E-state index contributed by atoms with van der Waals surface area (Å²) in [4.78, 5) is 14.3. The fourth-order valence-electron chi connectivity index (χ4n) is 2.68. The van der Waals surface area contributed by atoms with E-state index < -0.39 is 0 Å². The number of carbonyl (C=O) groups excluding carboxylic acids is 1. The molecule has 0 saturated carbocycles. The fourth-order valence-corrected chi connectivity index (χ4v) is 2.91. The van der Waals surface area contributed by atoms with E-state index in [1.54, 1.807) is 10.9 Å². The molecule has 2 atom stereocenters. The van der Waals surface area contributed by atoms with Crippen LogP contribution >= 0.6 is 11.6 Å². The zero-order chi connectivity index (χ0) is 13.3. The number of piperidine rings is 1. The Balaban J connectivity index is 2.17. The van der Waals surface area contributed by atoms with Gasteiger partial charge in [-0.1, -0.05) is 25.4 Å². The Morgan fingerprint density at radius 2 is 2.06 bits per heavy atom. The fraction of sp³-hybridized carbons (Fsp3) is 0.692. The van der Waals surface area contributed by atoms with Crippen molar-refractivity contribution < 1.29 is 4.79 Å². The first kappa shape index (κ1) is 13.4. The van der Waals surface area contributed by atoms with E-state index >= 15 is 0 Å². The standard InChI is InChI=1S/C13H20ClN3O/c1-4-17-8-11(14)12(15-17)13(18)16-6-9(2)5-10(3)7-16/h8-10H,4-7H2,1-3H3/t9-,10-/m0/s1. The summed E-state index contributed by atoms with van der Waals surface area (Å²) >= 11 is 6.08. The van der Waals surface area contributed by atoms with E-state index in [-0.39, 0.29) is 5.91 Å². The quantitative estimate of drug-likeness (QED) is 0.828. The predicted octanol–water partition coefficient (Wildman–Crippen LogP) is 2.67. The van der Waals surface area contributed by atoms with Crippen LogP contribution in [0.3, 0.4) is 0 Å². The number of hydrogen-bond acceptors (Lipinski definition) is 2. The maximum atomic E-state index is 12.4. The van der Waals surface area contributed by atoms with E-state index in [4.69, 9.17) is 11.6 Å². The molecule has 4 nitrogen and oxygen atoms in total. The molecule has 2 rings (SSSR count). The lowest BCUT2D eigenvalue weighted by molar-refractivity contribution is 0.0616. The summed E-state index contributed by atoms with van der Waals surface area (Å²) in [5.41, 5.74) is 0.389. The van der Waals surface area contributed by atoms with Crippen LogP contribution in [0.4, 0.5) is 0 Å². The van der Waals surface area contributed by atoms with Crippen molar-refractivity contribution in [2.24, 2.45) is 11.8 Å². The number of nitrogens with zero attached hydrogens (tertiary/aromatic N) is 3. The molecule has 0 unspecified atom stereocenters. The SMILES string of the molecule is CCn1cc(Cl)c(C(=O)N2C[C@@H](C)C[C@H](C)C2)n1. The third-order valence-electron chi connectivity index (χ3n) is 3.40. The highest BCUT2D eigenvalue weighted by atomic mass is 35.5. The number of amides is 1. The summed E-state index contributed by atoms with van der Waals surface area (Å²) < 4.78 is 1.70. The van der Waals surface area contributed by atoms with Crippen LogP contribution < -0.4 is 0 Å². The molecule has 0 spiro atoms. The average molecular weight is 270 g/mol. The summed E-state index contributed by atoms with van der Waals surface area (Å²) in [6.45, 7) is 8.67. The van der Waals surface area contributed by atoms with Crippen LogP contribution in [0.2, 0.25) is 5.02 Å². The van der Waals surface area contributed by atoms with Crippen LogP contribution in [0, 0.1) is 11.8 Å². The molecule has 5 heteroatoms. The molecule has 1 saturated heterocycles. The summed E-state index contributed by atoms with van der Waals surface area (Å²) in [5.74, 6) is 1.06. The molecule has 1 fully saturated rings. The van der Waals surface area contributed by atoms with Crippen LogP contribution in [0.25, 0.3) is 0 Å². The molecule has 100 valence electrons. The molecule has 0 bridgehead atoms. The molecule has 0 aromatic carbocycles. The van der Waals surface area contributed by atoms with Gasteiger partial charge in [-0.25, -0.2) is 0 Å². The molecule has 2 heterocycles. The van der Waals surface area contributed by atoms with E-state index in [1.165, 1.54) is 6.42 Å². The molecule has 18 heavy (non-hydrogen) atoms. The Bertz CT molecular complexity index is 433. The molecular formula is C13H20ClN3O. The minimum Gasteiger partial charge on any atom is -0.337 e. The van der Waals surface area contributed by atoms with Gasteiger partial charge in [-0.15, -0.1) is 0 Å². The lowest BCUT2D eigenvalue weighted by Gasteiger charge is -2.34. The third kappa shape index (κ3) is 2.69. The number of carbonyl (C=O) groups is 1. The van der Waals surface area contributed by atoms with Gasteiger partial charge in [-0.3, -0.25) is 9.48 Å². The van der Waals surface area contributed by atoms with Gasteiger partial charge in [0.2, 0.25) is 0 Å². The average Bonchev–Trinajstić information content (AvgIpc) is 2.68. The van der Waals surface area contributed by atoms with Gasteiger partial charge in [0, 0.05) is 25.8 Å². The van der Waals surface area contributed by atoms with Gasteiger partial charge in [0.1, 0.15) is 0 Å². The Morgan fingerprint density at radius 3 is 2.56 bits per heavy atom. The Kier molecular flexibility index (Phi) is 3.95. The van der Waals surface area contributed by atoms with Crippen LogP contribution in [-0.2, 0) is 6.54 Å². The van der Waals surface area contributed by atoms with Gasteiger partial charge < -0.3 is 4.90 Å². The molecule has 1 amide bonds. The van der Waals surface area contributed by atoms with Crippen molar-refractivity contribution in [3.8, 4) is 0 Å². The number of halogens is 1. The highest BCUT2D eigenvalue weighted by molar-refractivity contribution is 6.33. The van der Waals surface area contributed by atoms with Gasteiger partial charge >= 0.3 is 0 Å². The first-order valence-corrected chi connectivity index (χ1v) is 6.91. The van der Waals surface area contributed by atoms with Crippen LogP contribution in [0.1, 0.15) is 37.7 Å². The lowest BCUT2D eigenvalue weighted by atomic mass is 9.92. The summed E-state index contributed by atoms with van der Waals surface area (Å²) in [7, 11) is 0. The van der Waals surface area contributed by atoms with Crippen LogP contribution in [0.5, 0.6) is 0 Å². The summed E-state index contributed by atoms with van der Waals surface area (Å²) in [6, 6.07) is 0. The second-order valence-electron chi connectivity index (χ2n) is 5.34. The van der Waals surface area contributed by atoms with Crippen molar-refractivity contribution >= 4 is 17.5 Å². The second kappa shape index (κ2) is 5.31.